The SMILES string of the molecule is CCc1ccc(CC(=O)N2CCN(c3nc4ccc(S(C)(=O)=O)cc4s3)CC2)cc1. The fraction of sp³-hybridized carbons (Fsp3) is 0.364. The fourth-order valence-electron chi connectivity index (χ4n) is 3.59. The van der Waals surface area contributed by atoms with Crippen molar-refractivity contribution in [2.75, 3.05) is 37.3 Å². The first-order valence-electron chi connectivity index (χ1n) is 10.0. The Morgan fingerprint density at radius 1 is 1.03 bits per heavy atom. The molecule has 3 aromatic rings. The maximum absolute atomic E-state index is 12.7. The van der Waals surface area contributed by atoms with Gasteiger partial charge in [-0.25, -0.2) is 13.4 Å². The lowest BCUT2D eigenvalue weighted by Gasteiger charge is -2.34. The van der Waals surface area contributed by atoms with Crippen LogP contribution in [0, 0.1) is 0 Å². The van der Waals surface area contributed by atoms with Gasteiger partial charge >= 0.3 is 0 Å². The van der Waals surface area contributed by atoms with E-state index >= 15 is 0 Å². The van der Waals surface area contributed by atoms with Gasteiger partial charge in [0.2, 0.25) is 5.91 Å². The monoisotopic (exact) mass is 443 g/mol. The molecule has 2 aromatic carbocycles. The van der Waals surface area contributed by atoms with Gasteiger partial charge in [-0.2, -0.15) is 0 Å². The van der Waals surface area contributed by atoms with Gasteiger partial charge in [-0.1, -0.05) is 42.5 Å². The minimum atomic E-state index is -3.24. The number of hydrogen-bond donors (Lipinski definition) is 0. The molecular formula is C22H25N3O3S2. The zero-order valence-corrected chi connectivity index (χ0v) is 18.8. The number of piperazine rings is 1. The van der Waals surface area contributed by atoms with E-state index in [9.17, 15) is 13.2 Å². The number of carbonyl (C=O) groups excluding carboxylic acids is 1. The Balaban J connectivity index is 1.39. The topological polar surface area (TPSA) is 70.6 Å². The van der Waals surface area contributed by atoms with Crippen LogP contribution in [-0.4, -0.2) is 56.6 Å². The summed E-state index contributed by atoms with van der Waals surface area (Å²) in [6.45, 7) is 4.89. The summed E-state index contributed by atoms with van der Waals surface area (Å²) in [7, 11) is -3.24. The molecule has 1 aromatic heterocycles. The van der Waals surface area contributed by atoms with Crippen molar-refractivity contribution in [1.29, 1.82) is 0 Å². The Labute approximate surface area is 181 Å². The molecule has 0 atom stereocenters. The van der Waals surface area contributed by atoms with Crippen LogP contribution in [-0.2, 0) is 27.5 Å². The summed E-state index contributed by atoms with van der Waals surface area (Å²) in [5.41, 5.74) is 3.13. The van der Waals surface area contributed by atoms with Crippen molar-refractivity contribution in [3.8, 4) is 0 Å². The first kappa shape index (κ1) is 20.8. The maximum Gasteiger partial charge on any atom is 0.227 e. The van der Waals surface area contributed by atoms with Crippen molar-refractivity contribution in [3.63, 3.8) is 0 Å². The molecule has 0 N–H and O–H groups in total. The van der Waals surface area contributed by atoms with E-state index in [1.165, 1.54) is 23.2 Å². The molecule has 8 heteroatoms. The van der Waals surface area contributed by atoms with E-state index in [-0.39, 0.29) is 5.91 Å². The number of nitrogens with zero attached hydrogens (tertiary/aromatic N) is 3. The van der Waals surface area contributed by atoms with E-state index in [0.717, 1.165) is 40.4 Å². The first-order valence-corrected chi connectivity index (χ1v) is 12.8. The van der Waals surface area contributed by atoms with Gasteiger partial charge in [-0.3, -0.25) is 4.79 Å². The van der Waals surface area contributed by atoms with Gasteiger partial charge in [-0.05, 0) is 35.7 Å². The van der Waals surface area contributed by atoms with Crippen molar-refractivity contribution >= 4 is 42.4 Å². The molecule has 0 aliphatic carbocycles. The van der Waals surface area contributed by atoms with Crippen molar-refractivity contribution in [3.05, 3.63) is 53.6 Å². The lowest BCUT2D eigenvalue weighted by atomic mass is 10.1. The third-order valence-corrected chi connectivity index (χ3v) is 7.66. The molecule has 0 spiro atoms. The number of anilines is 1. The smallest absolute Gasteiger partial charge is 0.227 e. The lowest BCUT2D eigenvalue weighted by molar-refractivity contribution is -0.130. The number of aromatic nitrogens is 1. The predicted molar refractivity (Wildman–Crippen MR) is 121 cm³/mol. The summed E-state index contributed by atoms with van der Waals surface area (Å²) < 4.78 is 24.4. The molecule has 0 saturated carbocycles. The molecule has 6 nitrogen and oxygen atoms in total. The van der Waals surface area contributed by atoms with Crippen LogP contribution in [0.2, 0.25) is 0 Å². The van der Waals surface area contributed by atoms with E-state index < -0.39 is 9.84 Å². The van der Waals surface area contributed by atoms with E-state index in [0.29, 0.717) is 24.4 Å². The quantitative estimate of drug-likeness (QED) is 0.606. The number of fused-ring (bicyclic) bond motifs is 1. The van der Waals surface area contributed by atoms with Crippen LogP contribution in [0.1, 0.15) is 18.1 Å². The van der Waals surface area contributed by atoms with Gasteiger partial charge in [0, 0.05) is 32.4 Å². The molecule has 1 aliphatic heterocycles. The molecular weight excluding hydrogens is 418 g/mol. The second-order valence-electron chi connectivity index (χ2n) is 7.61. The Bertz CT molecular complexity index is 1160. The Morgan fingerprint density at radius 3 is 2.33 bits per heavy atom. The summed E-state index contributed by atoms with van der Waals surface area (Å²) in [5, 5.41) is 0.873. The van der Waals surface area contributed by atoms with Crippen molar-refractivity contribution in [2.24, 2.45) is 0 Å². The van der Waals surface area contributed by atoms with Crippen molar-refractivity contribution in [1.82, 2.24) is 9.88 Å². The number of rotatable bonds is 5. The minimum Gasteiger partial charge on any atom is -0.345 e. The Hall–Kier alpha value is -2.45. The summed E-state index contributed by atoms with van der Waals surface area (Å²) in [6, 6.07) is 13.3. The average molecular weight is 444 g/mol. The van der Waals surface area contributed by atoms with E-state index in [2.05, 4.69) is 28.9 Å². The molecule has 30 heavy (non-hydrogen) atoms. The molecule has 0 bridgehead atoms. The molecule has 158 valence electrons. The van der Waals surface area contributed by atoms with Crippen LogP contribution in [0.4, 0.5) is 5.13 Å². The molecule has 4 rings (SSSR count). The van der Waals surface area contributed by atoms with Crippen LogP contribution in [0.5, 0.6) is 0 Å². The highest BCUT2D eigenvalue weighted by Crippen LogP contribution is 2.31. The maximum atomic E-state index is 12.7. The van der Waals surface area contributed by atoms with Crippen LogP contribution < -0.4 is 4.90 Å². The molecule has 1 fully saturated rings. The molecule has 0 unspecified atom stereocenters. The summed E-state index contributed by atoms with van der Waals surface area (Å²) in [6.07, 6.45) is 2.64. The number of hydrogen-bond acceptors (Lipinski definition) is 6. The minimum absolute atomic E-state index is 0.154. The third kappa shape index (κ3) is 4.49. The van der Waals surface area contributed by atoms with Gasteiger partial charge in [-0.15, -0.1) is 0 Å². The molecule has 1 saturated heterocycles. The van der Waals surface area contributed by atoms with Crippen molar-refractivity contribution in [2.45, 2.75) is 24.7 Å². The zero-order chi connectivity index (χ0) is 21.3. The number of thiazole rings is 1. The number of aryl methyl sites for hydroxylation is 1. The second-order valence-corrected chi connectivity index (χ2v) is 10.6. The van der Waals surface area contributed by atoms with Crippen LogP contribution >= 0.6 is 11.3 Å². The van der Waals surface area contributed by atoms with Crippen molar-refractivity contribution < 1.29 is 13.2 Å². The standard InChI is InChI=1S/C22H25N3O3S2/c1-3-16-4-6-17(7-5-16)14-21(26)24-10-12-25(13-11-24)22-23-19-9-8-18(30(2,27)28)15-20(19)29-22/h4-9,15H,3,10-14H2,1-2H3. The number of amides is 1. The number of sulfone groups is 1. The molecule has 0 radical (unpaired) electrons. The van der Waals surface area contributed by atoms with Gasteiger partial charge in [0.15, 0.2) is 15.0 Å². The average Bonchev–Trinajstić information content (AvgIpc) is 3.17. The highest BCUT2D eigenvalue weighted by Gasteiger charge is 2.23. The number of benzene rings is 2. The molecule has 2 heterocycles. The second kappa shape index (κ2) is 8.35. The normalized spacial score (nSPS) is 15.0. The number of carbonyl (C=O) groups is 1. The summed E-state index contributed by atoms with van der Waals surface area (Å²) in [5.74, 6) is 0.154. The summed E-state index contributed by atoms with van der Waals surface area (Å²) in [4.78, 5) is 21.7. The highest BCUT2D eigenvalue weighted by atomic mass is 32.2. The molecule has 1 aliphatic rings. The van der Waals surface area contributed by atoms with Gasteiger partial charge in [0.1, 0.15) is 0 Å². The highest BCUT2D eigenvalue weighted by molar-refractivity contribution is 7.90. The lowest BCUT2D eigenvalue weighted by Crippen LogP contribution is -2.49. The molecule has 1 amide bonds. The Kier molecular flexibility index (Phi) is 5.79. The third-order valence-electron chi connectivity index (χ3n) is 5.47. The van der Waals surface area contributed by atoms with Gasteiger partial charge in [0.25, 0.3) is 0 Å². The van der Waals surface area contributed by atoms with Crippen LogP contribution in [0.15, 0.2) is 47.4 Å². The predicted octanol–water partition coefficient (Wildman–Crippen LogP) is 3.15. The van der Waals surface area contributed by atoms with Gasteiger partial charge < -0.3 is 9.80 Å². The fourth-order valence-corrected chi connectivity index (χ4v) is 5.36. The van der Waals surface area contributed by atoms with E-state index in [1.54, 1.807) is 18.2 Å². The van der Waals surface area contributed by atoms with E-state index in [4.69, 9.17) is 0 Å². The van der Waals surface area contributed by atoms with Gasteiger partial charge in [0.05, 0.1) is 21.5 Å². The summed E-state index contributed by atoms with van der Waals surface area (Å²) >= 11 is 1.50. The van der Waals surface area contributed by atoms with Crippen LogP contribution in [0.3, 0.4) is 0 Å². The zero-order valence-electron chi connectivity index (χ0n) is 17.2. The van der Waals surface area contributed by atoms with E-state index in [1.807, 2.05) is 17.0 Å². The first-order chi connectivity index (χ1) is 14.3. The largest absolute Gasteiger partial charge is 0.345 e. The van der Waals surface area contributed by atoms with Crippen LogP contribution in [0.25, 0.3) is 10.2 Å². The Morgan fingerprint density at radius 2 is 1.70 bits per heavy atom.